The van der Waals surface area contributed by atoms with Gasteiger partial charge in [0.1, 0.15) is 0 Å². The van der Waals surface area contributed by atoms with Gasteiger partial charge < -0.3 is 10.1 Å². The van der Waals surface area contributed by atoms with Crippen LogP contribution in [-0.2, 0) is 4.74 Å². The molecule has 0 aromatic heterocycles. The van der Waals surface area contributed by atoms with Crippen molar-refractivity contribution in [1.82, 2.24) is 5.32 Å². The van der Waals surface area contributed by atoms with Gasteiger partial charge in [-0.3, -0.25) is 0 Å². The van der Waals surface area contributed by atoms with Gasteiger partial charge in [-0.1, -0.05) is 6.92 Å². The lowest BCUT2D eigenvalue weighted by Crippen LogP contribution is -2.34. The molecule has 108 valence electrons. The summed E-state index contributed by atoms with van der Waals surface area (Å²) in [5.41, 5.74) is 0. The number of hydrogen-bond donors (Lipinski definition) is 1. The molecule has 1 heterocycles. The maximum atomic E-state index is 12.1. The highest BCUT2D eigenvalue weighted by atomic mass is 19.4. The van der Waals surface area contributed by atoms with Crippen LogP contribution in [0.1, 0.15) is 51.9 Å². The minimum atomic E-state index is -4.03. The van der Waals surface area contributed by atoms with E-state index in [2.05, 4.69) is 5.32 Å². The van der Waals surface area contributed by atoms with Crippen LogP contribution in [0.5, 0.6) is 0 Å². The standard InChI is InChI=1S/C13H24F3NO/c1-2-17-11(6-5-8-13(14,15)16)10-12-7-3-4-9-18-12/h11-12,17H,2-10H2,1H3. The molecule has 0 amide bonds. The van der Waals surface area contributed by atoms with E-state index in [-0.39, 0.29) is 18.6 Å². The molecule has 2 atom stereocenters. The fourth-order valence-electron chi connectivity index (χ4n) is 2.45. The molecule has 2 nitrogen and oxygen atoms in total. The maximum Gasteiger partial charge on any atom is 0.389 e. The summed E-state index contributed by atoms with van der Waals surface area (Å²) in [5.74, 6) is 0. The first-order valence-electron chi connectivity index (χ1n) is 6.93. The number of ether oxygens (including phenoxy) is 1. The lowest BCUT2D eigenvalue weighted by atomic mass is 9.98. The molecule has 0 aliphatic carbocycles. The van der Waals surface area contributed by atoms with Crippen LogP contribution < -0.4 is 5.32 Å². The Morgan fingerprint density at radius 1 is 1.33 bits per heavy atom. The summed E-state index contributed by atoms with van der Waals surface area (Å²) < 4.78 is 42.0. The average Bonchev–Trinajstić information content (AvgIpc) is 2.29. The summed E-state index contributed by atoms with van der Waals surface area (Å²) in [7, 11) is 0. The van der Waals surface area contributed by atoms with Crippen molar-refractivity contribution in [2.75, 3.05) is 13.2 Å². The van der Waals surface area contributed by atoms with E-state index in [4.69, 9.17) is 4.74 Å². The van der Waals surface area contributed by atoms with E-state index in [0.717, 1.165) is 32.4 Å². The number of rotatable bonds is 7. The molecule has 1 saturated heterocycles. The summed E-state index contributed by atoms with van der Waals surface area (Å²) >= 11 is 0. The van der Waals surface area contributed by atoms with Gasteiger partial charge >= 0.3 is 6.18 Å². The van der Waals surface area contributed by atoms with Gasteiger partial charge in [-0.05, 0) is 45.1 Å². The lowest BCUT2D eigenvalue weighted by molar-refractivity contribution is -0.135. The topological polar surface area (TPSA) is 21.3 Å². The molecule has 1 aliphatic heterocycles. The van der Waals surface area contributed by atoms with Crippen LogP contribution in [0, 0.1) is 0 Å². The Balaban J connectivity index is 2.25. The number of alkyl halides is 3. The second-order valence-electron chi connectivity index (χ2n) is 4.99. The molecule has 5 heteroatoms. The molecule has 18 heavy (non-hydrogen) atoms. The smallest absolute Gasteiger partial charge is 0.378 e. The summed E-state index contributed by atoms with van der Waals surface area (Å²) in [5, 5.41) is 3.27. The third-order valence-electron chi connectivity index (χ3n) is 3.33. The van der Waals surface area contributed by atoms with Crippen molar-refractivity contribution < 1.29 is 17.9 Å². The van der Waals surface area contributed by atoms with Crippen LogP contribution >= 0.6 is 0 Å². The number of halogens is 3. The van der Waals surface area contributed by atoms with Crippen LogP contribution in [0.15, 0.2) is 0 Å². The number of hydrogen-bond acceptors (Lipinski definition) is 2. The second-order valence-corrected chi connectivity index (χ2v) is 4.99. The monoisotopic (exact) mass is 267 g/mol. The summed E-state index contributed by atoms with van der Waals surface area (Å²) in [4.78, 5) is 0. The van der Waals surface area contributed by atoms with Crippen molar-refractivity contribution in [3.05, 3.63) is 0 Å². The van der Waals surface area contributed by atoms with Gasteiger partial charge in [0.2, 0.25) is 0 Å². The van der Waals surface area contributed by atoms with Gasteiger partial charge in [0.05, 0.1) is 6.10 Å². The third kappa shape index (κ3) is 7.21. The third-order valence-corrected chi connectivity index (χ3v) is 3.33. The molecule has 0 bridgehead atoms. The van der Waals surface area contributed by atoms with Gasteiger partial charge in [0.15, 0.2) is 0 Å². The Morgan fingerprint density at radius 2 is 2.11 bits per heavy atom. The van der Waals surface area contributed by atoms with Crippen LogP contribution in [0.3, 0.4) is 0 Å². The maximum absolute atomic E-state index is 12.1. The Bertz CT molecular complexity index is 215. The first-order chi connectivity index (χ1) is 8.51. The zero-order chi connectivity index (χ0) is 13.4. The molecule has 1 aliphatic rings. The highest BCUT2D eigenvalue weighted by Gasteiger charge is 2.27. The van der Waals surface area contributed by atoms with Crippen LogP contribution in [0.25, 0.3) is 0 Å². The average molecular weight is 267 g/mol. The Kier molecular flexibility index (Phi) is 7.00. The minimum absolute atomic E-state index is 0.153. The first-order valence-corrected chi connectivity index (χ1v) is 6.93. The fourth-order valence-corrected chi connectivity index (χ4v) is 2.45. The first kappa shape index (κ1) is 15.8. The summed E-state index contributed by atoms with van der Waals surface area (Å²) in [6.07, 6.45) is 0.461. The zero-order valence-corrected chi connectivity index (χ0v) is 11.1. The van der Waals surface area contributed by atoms with Gasteiger partial charge in [-0.2, -0.15) is 13.2 Å². The van der Waals surface area contributed by atoms with E-state index in [9.17, 15) is 13.2 Å². The highest BCUT2D eigenvalue weighted by molar-refractivity contribution is 4.74. The predicted octanol–water partition coefficient (Wildman–Crippen LogP) is 3.66. The number of nitrogens with one attached hydrogen (secondary N) is 1. The molecule has 2 unspecified atom stereocenters. The molecule has 1 N–H and O–H groups in total. The van der Waals surface area contributed by atoms with Crippen molar-refractivity contribution in [2.24, 2.45) is 0 Å². The van der Waals surface area contributed by atoms with Gasteiger partial charge in [-0.25, -0.2) is 0 Å². The van der Waals surface area contributed by atoms with Crippen molar-refractivity contribution >= 4 is 0 Å². The normalized spacial score (nSPS) is 23.0. The largest absolute Gasteiger partial charge is 0.389 e. The second kappa shape index (κ2) is 8.00. The van der Waals surface area contributed by atoms with Crippen molar-refractivity contribution in [2.45, 2.75) is 70.2 Å². The molecule has 0 aromatic carbocycles. The zero-order valence-electron chi connectivity index (χ0n) is 11.1. The lowest BCUT2D eigenvalue weighted by Gasteiger charge is -2.27. The van der Waals surface area contributed by atoms with Crippen molar-refractivity contribution in [1.29, 1.82) is 0 Å². The fraction of sp³-hybridized carbons (Fsp3) is 1.00. The van der Waals surface area contributed by atoms with E-state index in [1.54, 1.807) is 0 Å². The molecule has 0 radical (unpaired) electrons. The summed E-state index contributed by atoms with van der Waals surface area (Å²) in [6, 6.07) is 0.153. The minimum Gasteiger partial charge on any atom is -0.378 e. The molecular weight excluding hydrogens is 243 g/mol. The molecular formula is C13H24F3NO. The molecule has 0 spiro atoms. The molecule has 0 saturated carbocycles. The highest BCUT2D eigenvalue weighted by Crippen LogP contribution is 2.24. The van der Waals surface area contributed by atoms with Crippen LogP contribution in [0.4, 0.5) is 13.2 Å². The Hall–Kier alpha value is -0.290. The van der Waals surface area contributed by atoms with Crippen LogP contribution in [0.2, 0.25) is 0 Å². The SMILES string of the molecule is CCNC(CCCC(F)(F)F)CC1CCCCO1. The Morgan fingerprint density at radius 3 is 2.67 bits per heavy atom. The van der Waals surface area contributed by atoms with Gasteiger partial charge in [-0.15, -0.1) is 0 Å². The predicted molar refractivity (Wildman–Crippen MR) is 65.6 cm³/mol. The summed E-state index contributed by atoms with van der Waals surface area (Å²) in [6.45, 7) is 3.58. The molecule has 1 rings (SSSR count). The molecule has 0 aromatic rings. The van der Waals surface area contributed by atoms with Crippen molar-refractivity contribution in [3.63, 3.8) is 0 Å². The van der Waals surface area contributed by atoms with Gasteiger partial charge in [0.25, 0.3) is 0 Å². The van der Waals surface area contributed by atoms with Gasteiger partial charge in [0, 0.05) is 19.1 Å². The van der Waals surface area contributed by atoms with E-state index in [1.165, 1.54) is 6.42 Å². The van der Waals surface area contributed by atoms with E-state index in [0.29, 0.717) is 6.42 Å². The van der Waals surface area contributed by atoms with E-state index >= 15 is 0 Å². The van der Waals surface area contributed by atoms with Crippen molar-refractivity contribution in [3.8, 4) is 0 Å². The quantitative estimate of drug-likeness (QED) is 0.760. The van der Waals surface area contributed by atoms with Crippen LogP contribution in [-0.4, -0.2) is 31.5 Å². The Labute approximate surface area is 107 Å². The molecule has 1 fully saturated rings. The van der Waals surface area contributed by atoms with E-state index < -0.39 is 12.6 Å². The van der Waals surface area contributed by atoms with E-state index in [1.807, 2.05) is 6.92 Å².